The Kier molecular flexibility index (Phi) is 5.52. The molecule has 0 saturated heterocycles. The van der Waals surface area contributed by atoms with Crippen molar-refractivity contribution in [2.24, 2.45) is 0 Å². The molecular weight excluding hydrogens is 412 g/mol. The Hall–Kier alpha value is -3.95. The van der Waals surface area contributed by atoms with Crippen molar-refractivity contribution in [1.82, 2.24) is 15.3 Å². The van der Waals surface area contributed by atoms with Crippen LogP contribution in [0.1, 0.15) is 5.56 Å². The highest BCUT2D eigenvalue weighted by atomic mass is 19.3. The number of furan rings is 1. The monoisotopic (exact) mass is 428 g/mol. The van der Waals surface area contributed by atoms with Gasteiger partial charge >= 0.3 is 6.61 Å². The number of amides is 1. The number of nitrogens with zero attached hydrogens (tertiary/aromatic N) is 2. The van der Waals surface area contributed by atoms with E-state index in [-0.39, 0.29) is 19.0 Å². The SMILES string of the molecule is Cc1cc(-c2cc3cc(OCCNC(=O)[O-])ccc3o2)c2ncc(OC(F)F)nc2c1. The number of carbonyl (C=O) groups excluding carboxylic acids is 1. The van der Waals surface area contributed by atoms with Gasteiger partial charge in [0.2, 0.25) is 5.88 Å². The summed E-state index contributed by atoms with van der Waals surface area (Å²) in [7, 11) is 0. The summed E-state index contributed by atoms with van der Waals surface area (Å²) in [6, 6.07) is 10.6. The van der Waals surface area contributed by atoms with E-state index >= 15 is 0 Å². The number of nitrogens with one attached hydrogen (secondary N) is 1. The lowest BCUT2D eigenvalue weighted by Gasteiger charge is -2.08. The highest BCUT2D eigenvalue weighted by Gasteiger charge is 2.15. The third-order valence-corrected chi connectivity index (χ3v) is 4.37. The molecule has 0 saturated carbocycles. The summed E-state index contributed by atoms with van der Waals surface area (Å²) in [6.07, 6.45) is -0.220. The molecule has 1 amide bonds. The van der Waals surface area contributed by atoms with Gasteiger partial charge in [0.15, 0.2) is 0 Å². The largest absolute Gasteiger partial charge is 0.530 e. The van der Waals surface area contributed by atoms with Gasteiger partial charge in [0.05, 0.1) is 23.8 Å². The fourth-order valence-corrected chi connectivity index (χ4v) is 3.15. The molecule has 0 aliphatic rings. The molecule has 10 heteroatoms. The molecule has 0 spiro atoms. The van der Waals surface area contributed by atoms with E-state index in [0.29, 0.717) is 33.7 Å². The predicted octanol–water partition coefficient (Wildman–Crippen LogP) is 3.26. The predicted molar refractivity (Wildman–Crippen MR) is 105 cm³/mol. The van der Waals surface area contributed by atoms with Crippen molar-refractivity contribution in [3.05, 3.63) is 48.2 Å². The number of fused-ring (bicyclic) bond motifs is 2. The summed E-state index contributed by atoms with van der Waals surface area (Å²) >= 11 is 0. The third-order valence-electron chi connectivity index (χ3n) is 4.37. The minimum atomic E-state index is -2.99. The van der Waals surface area contributed by atoms with Gasteiger partial charge in [-0.05, 0) is 48.9 Å². The van der Waals surface area contributed by atoms with Crippen molar-refractivity contribution in [2.75, 3.05) is 13.2 Å². The third kappa shape index (κ3) is 4.63. The lowest BCUT2D eigenvalue weighted by atomic mass is 10.1. The van der Waals surface area contributed by atoms with E-state index in [0.717, 1.165) is 17.1 Å². The van der Waals surface area contributed by atoms with Crippen LogP contribution in [-0.2, 0) is 0 Å². The summed E-state index contributed by atoms with van der Waals surface area (Å²) in [6.45, 7) is -0.895. The number of alkyl halides is 2. The van der Waals surface area contributed by atoms with Crippen LogP contribution in [0.5, 0.6) is 11.6 Å². The number of rotatable bonds is 7. The molecule has 4 rings (SSSR count). The van der Waals surface area contributed by atoms with E-state index in [1.54, 1.807) is 30.3 Å². The Morgan fingerprint density at radius 2 is 2.10 bits per heavy atom. The van der Waals surface area contributed by atoms with Crippen molar-refractivity contribution in [3.8, 4) is 23.0 Å². The minimum absolute atomic E-state index is 0.0994. The summed E-state index contributed by atoms with van der Waals surface area (Å²) in [4.78, 5) is 18.7. The Morgan fingerprint density at radius 1 is 1.26 bits per heavy atom. The summed E-state index contributed by atoms with van der Waals surface area (Å²) in [5.74, 6) is 0.803. The normalized spacial score (nSPS) is 11.2. The highest BCUT2D eigenvalue weighted by molar-refractivity contribution is 5.94. The Morgan fingerprint density at radius 3 is 2.87 bits per heavy atom. The average Bonchev–Trinajstić information content (AvgIpc) is 3.13. The maximum atomic E-state index is 12.5. The number of aromatic nitrogens is 2. The summed E-state index contributed by atoms with van der Waals surface area (Å²) in [5.41, 5.74) is 2.99. The minimum Gasteiger partial charge on any atom is -0.530 e. The molecule has 0 radical (unpaired) electrons. The molecule has 0 fully saturated rings. The lowest BCUT2D eigenvalue weighted by molar-refractivity contribution is -0.250. The van der Waals surface area contributed by atoms with E-state index in [9.17, 15) is 18.7 Å². The standard InChI is InChI=1S/C21H17F2N3O5/c1-11-6-14(19-15(7-11)26-18(10-25-19)31-20(22)23)17-9-12-8-13(2-3-16(12)30-17)29-5-4-24-21(27)28/h2-3,6-10,20,24H,4-5H2,1H3,(H,27,28)/p-1. The highest BCUT2D eigenvalue weighted by Crippen LogP contribution is 2.34. The van der Waals surface area contributed by atoms with Crippen LogP contribution in [0.3, 0.4) is 0 Å². The molecule has 0 unspecified atom stereocenters. The number of halogens is 2. The molecule has 2 aromatic carbocycles. The number of carbonyl (C=O) groups is 1. The van der Waals surface area contributed by atoms with Gasteiger partial charge in [-0.1, -0.05) is 0 Å². The number of aryl methyl sites for hydroxylation is 1. The van der Waals surface area contributed by atoms with Crippen molar-refractivity contribution in [1.29, 1.82) is 0 Å². The lowest BCUT2D eigenvalue weighted by Crippen LogP contribution is -2.38. The van der Waals surface area contributed by atoms with Crippen LogP contribution in [0, 0.1) is 6.92 Å². The van der Waals surface area contributed by atoms with Crippen molar-refractivity contribution in [3.63, 3.8) is 0 Å². The second-order valence-corrected chi connectivity index (χ2v) is 6.64. The van der Waals surface area contributed by atoms with Gasteiger partial charge in [0.25, 0.3) is 0 Å². The topological polar surface area (TPSA) is 110 Å². The van der Waals surface area contributed by atoms with E-state index in [4.69, 9.17) is 9.15 Å². The first-order valence-electron chi connectivity index (χ1n) is 9.23. The van der Waals surface area contributed by atoms with Crippen LogP contribution < -0.4 is 19.9 Å². The van der Waals surface area contributed by atoms with Gasteiger partial charge in [-0.2, -0.15) is 8.78 Å². The first-order valence-corrected chi connectivity index (χ1v) is 9.23. The summed E-state index contributed by atoms with van der Waals surface area (Å²) < 4.78 is 40.8. The molecule has 0 aliphatic carbocycles. The number of carboxylic acid groups (broad SMARTS) is 1. The van der Waals surface area contributed by atoms with Gasteiger partial charge in [0, 0.05) is 10.9 Å². The second-order valence-electron chi connectivity index (χ2n) is 6.64. The second kappa shape index (κ2) is 8.42. The van der Waals surface area contributed by atoms with Crippen LogP contribution >= 0.6 is 0 Å². The average molecular weight is 428 g/mol. The van der Waals surface area contributed by atoms with Gasteiger partial charge in [-0.3, -0.25) is 0 Å². The first-order chi connectivity index (χ1) is 14.9. The van der Waals surface area contributed by atoms with E-state index in [2.05, 4.69) is 20.0 Å². The summed E-state index contributed by atoms with van der Waals surface area (Å²) in [5, 5.41) is 13.2. The van der Waals surface area contributed by atoms with Gasteiger partial charge in [-0.15, -0.1) is 0 Å². The van der Waals surface area contributed by atoms with Crippen LogP contribution in [0.25, 0.3) is 33.3 Å². The number of benzene rings is 2. The van der Waals surface area contributed by atoms with Gasteiger partial charge in [-0.25, -0.2) is 9.97 Å². The molecule has 2 heterocycles. The van der Waals surface area contributed by atoms with Crippen molar-refractivity contribution in [2.45, 2.75) is 13.5 Å². The maximum Gasteiger partial charge on any atom is 0.388 e. The maximum absolute atomic E-state index is 12.5. The van der Waals surface area contributed by atoms with Crippen LogP contribution in [0.15, 0.2) is 47.0 Å². The Balaban J connectivity index is 1.65. The molecular formula is C21H16F2N3O5-. The number of ether oxygens (including phenoxy) is 2. The zero-order valence-electron chi connectivity index (χ0n) is 16.2. The Bertz CT molecular complexity index is 1260. The zero-order chi connectivity index (χ0) is 22.0. The molecule has 1 N–H and O–H groups in total. The van der Waals surface area contributed by atoms with Crippen LogP contribution in [0.2, 0.25) is 0 Å². The zero-order valence-corrected chi connectivity index (χ0v) is 16.2. The first kappa shape index (κ1) is 20.3. The van der Waals surface area contributed by atoms with Crippen LogP contribution in [-0.4, -0.2) is 35.8 Å². The number of hydrogen-bond acceptors (Lipinski definition) is 7. The van der Waals surface area contributed by atoms with Gasteiger partial charge < -0.3 is 29.1 Å². The van der Waals surface area contributed by atoms with Crippen LogP contribution in [0.4, 0.5) is 13.6 Å². The molecule has 0 bridgehead atoms. The van der Waals surface area contributed by atoms with E-state index in [1.807, 2.05) is 13.0 Å². The quantitative estimate of drug-likeness (QED) is 0.450. The Labute approximate surface area is 174 Å². The molecule has 4 aromatic rings. The van der Waals surface area contributed by atoms with E-state index in [1.165, 1.54) is 0 Å². The molecule has 0 atom stereocenters. The van der Waals surface area contributed by atoms with Crippen molar-refractivity contribution >= 4 is 28.1 Å². The van der Waals surface area contributed by atoms with Gasteiger partial charge in [0.1, 0.15) is 29.8 Å². The molecule has 8 nitrogen and oxygen atoms in total. The van der Waals surface area contributed by atoms with Crippen molar-refractivity contribution < 1.29 is 32.6 Å². The molecule has 2 aromatic heterocycles. The molecule has 31 heavy (non-hydrogen) atoms. The number of hydrogen-bond donors (Lipinski definition) is 1. The smallest absolute Gasteiger partial charge is 0.388 e. The fourth-order valence-electron chi connectivity index (χ4n) is 3.15. The molecule has 0 aliphatic heterocycles. The molecule has 160 valence electrons. The van der Waals surface area contributed by atoms with E-state index < -0.39 is 12.7 Å². The fraction of sp³-hybridized carbons (Fsp3) is 0.190.